The van der Waals surface area contributed by atoms with Gasteiger partial charge < -0.3 is 14.8 Å². The summed E-state index contributed by atoms with van der Waals surface area (Å²) in [5, 5.41) is 3.63. The molecule has 5 rings (SSSR count). The summed E-state index contributed by atoms with van der Waals surface area (Å²) in [6.07, 6.45) is 5.17. The van der Waals surface area contributed by atoms with Crippen LogP contribution in [0.1, 0.15) is 81.9 Å². The van der Waals surface area contributed by atoms with E-state index in [1.54, 1.807) is 7.11 Å². The predicted octanol–water partition coefficient (Wildman–Crippen LogP) is 7.96. The van der Waals surface area contributed by atoms with E-state index >= 15 is 0 Å². The van der Waals surface area contributed by atoms with Crippen molar-refractivity contribution in [2.45, 2.75) is 70.8 Å². The maximum atomic E-state index is 14.3. The Hall–Kier alpha value is -4.06. The average Bonchev–Trinajstić information content (AvgIpc) is 3.15. The number of hydrogen-bond donors (Lipinski definition) is 1. The van der Waals surface area contributed by atoms with Crippen molar-refractivity contribution in [3.8, 4) is 11.5 Å². The Morgan fingerprint density at radius 1 is 0.927 bits per heavy atom. The molecule has 0 aromatic heterocycles. The molecule has 1 aliphatic heterocycles. The third-order valence-electron chi connectivity index (χ3n) is 8.00. The van der Waals surface area contributed by atoms with Gasteiger partial charge in [-0.25, -0.2) is 0 Å². The number of allylic oxidation sites excluding steroid dienone is 1. The summed E-state index contributed by atoms with van der Waals surface area (Å²) in [6.45, 7) is 4.85. The average molecular weight is 553 g/mol. The molecule has 0 saturated carbocycles. The van der Waals surface area contributed by atoms with Crippen LogP contribution in [0.25, 0.3) is 0 Å². The molecule has 2 atom stereocenters. The fraction of sp³-hybridized carbons (Fsp3) is 0.371. The Kier molecular flexibility index (Phi) is 9.07. The maximum absolute atomic E-state index is 14.3. The van der Waals surface area contributed by atoms with E-state index in [1.807, 2.05) is 71.6 Å². The van der Waals surface area contributed by atoms with Crippen LogP contribution in [0.4, 0.5) is 11.4 Å². The molecule has 41 heavy (non-hydrogen) atoms. The summed E-state index contributed by atoms with van der Waals surface area (Å²) in [5.74, 6) is 1.61. The van der Waals surface area contributed by atoms with Crippen LogP contribution in [0, 0.1) is 0 Å². The van der Waals surface area contributed by atoms with Gasteiger partial charge in [0.1, 0.15) is 11.5 Å². The SMILES string of the molecule is CCCCCC(=O)N1c2ccccc2NC2=C(C(=O)C[C@@H](c3ccccc3OCCC)C2)[C@H]1c1ccc(OC)cc1. The highest BCUT2D eigenvalue weighted by Gasteiger charge is 2.41. The number of carbonyl (C=O) groups excluding carboxylic acids is 2. The van der Waals surface area contributed by atoms with Gasteiger partial charge in [0, 0.05) is 30.0 Å². The minimum atomic E-state index is -0.541. The number of methoxy groups -OCH3 is 1. The number of nitrogens with one attached hydrogen (secondary N) is 1. The number of carbonyl (C=O) groups is 2. The molecule has 0 unspecified atom stereocenters. The van der Waals surface area contributed by atoms with Crippen LogP contribution in [0.2, 0.25) is 0 Å². The molecule has 0 fully saturated rings. The molecule has 3 aromatic carbocycles. The quantitative estimate of drug-likeness (QED) is 0.258. The molecule has 1 heterocycles. The molecular formula is C35H40N2O4. The van der Waals surface area contributed by atoms with Gasteiger partial charge in [0.05, 0.1) is 31.1 Å². The van der Waals surface area contributed by atoms with Gasteiger partial charge in [-0.2, -0.15) is 0 Å². The molecule has 214 valence electrons. The molecule has 1 N–H and O–H groups in total. The lowest BCUT2D eigenvalue weighted by molar-refractivity contribution is -0.119. The molecule has 3 aromatic rings. The van der Waals surface area contributed by atoms with Gasteiger partial charge in [-0.3, -0.25) is 14.5 Å². The van der Waals surface area contributed by atoms with Crippen LogP contribution in [-0.4, -0.2) is 25.4 Å². The number of amides is 1. The molecule has 0 saturated heterocycles. The molecule has 0 radical (unpaired) electrons. The standard InChI is InChI=1S/C35H40N2O4/c1-4-6-7-16-33(39)37-30-14-10-9-13-28(30)36-29-22-25(27-12-8-11-15-32(27)41-21-5-2)23-31(38)34(29)35(37)24-17-19-26(40-3)20-18-24/h8-15,17-20,25,35-36H,4-7,16,21-23H2,1-3H3/t25-,35+/m0/s1. The summed E-state index contributed by atoms with van der Waals surface area (Å²) in [4.78, 5) is 30.2. The zero-order valence-electron chi connectivity index (χ0n) is 24.3. The number of rotatable bonds is 10. The first kappa shape index (κ1) is 28.5. The van der Waals surface area contributed by atoms with Crippen molar-refractivity contribution in [3.63, 3.8) is 0 Å². The van der Waals surface area contributed by atoms with Gasteiger partial charge in [0.15, 0.2) is 5.78 Å². The fourth-order valence-electron chi connectivity index (χ4n) is 5.99. The van der Waals surface area contributed by atoms with E-state index in [4.69, 9.17) is 9.47 Å². The zero-order valence-corrected chi connectivity index (χ0v) is 24.3. The summed E-state index contributed by atoms with van der Waals surface area (Å²) in [5.41, 5.74) is 5.10. The molecule has 1 aliphatic carbocycles. The summed E-state index contributed by atoms with van der Waals surface area (Å²) < 4.78 is 11.5. The predicted molar refractivity (Wildman–Crippen MR) is 164 cm³/mol. The van der Waals surface area contributed by atoms with E-state index in [1.165, 1.54) is 0 Å². The van der Waals surface area contributed by atoms with Crippen LogP contribution < -0.4 is 19.7 Å². The van der Waals surface area contributed by atoms with Crippen molar-refractivity contribution in [1.29, 1.82) is 0 Å². The van der Waals surface area contributed by atoms with E-state index in [9.17, 15) is 9.59 Å². The Bertz CT molecular complexity index is 1410. The first-order valence-corrected chi connectivity index (χ1v) is 14.9. The Balaban J connectivity index is 1.63. The smallest absolute Gasteiger partial charge is 0.227 e. The summed E-state index contributed by atoms with van der Waals surface area (Å²) >= 11 is 0. The van der Waals surface area contributed by atoms with Crippen molar-refractivity contribution in [2.24, 2.45) is 0 Å². The van der Waals surface area contributed by atoms with Gasteiger partial charge in [-0.15, -0.1) is 0 Å². The Morgan fingerprint density at radius 2 is 1.68 bits per heavy atom. The van der Waals surface area contributed by atoms with Crippen LogP contribution in [0.5, 0.6) is 11.5 Å². The number of Topliss-reactive ketones (excluding diaryl/α,β-unsaturated/α-hetero) is 1. The number of para-hydroxylation sites is 3. The number of anilines is 2. The number of benzene rings is 3. The summed E-state index contributed by atoms with van der Waals surface area (Å²) in [6, 6.07) is 23.2. The van der Waals surface area contributed by atoms with E-state index in [-0.39, 0.29) is 17.6 Å². The first-order valence-electron chi connectivity index (χ1n) is 14.9. The summed E-state index contributed by atoms with van der Waals surface area (Å²) in [7, 11) is 1.64. The molecule has 0 bridgehead atoms. The highest BCUT2D eigenvalue weighted by atomic mass is 16.5. The van der Waals surface area contributed by atoms with Gasteiger partial charge in [0.2, 0.25) is 5.91 Å². The molecule has 2 aliphatic rings. The van der Waals surface area contributed by atoms with E-state index in [2.05, 4.69) is 25.2 Å². The van der Waals surface area contributed by atoms with Crippen molar-refractivity contribution < 1.29 is 19.1 Å². The van der Waals surface area contributed by atoms with Crippen molar-refractivity contribution in [3.05, 3.63) is 95.2 Å². The van der Waals surface area contributed by atoms with Gasteiger partial charge in [-0.1, -0.05) is 69.2 Å². The molecule has 6 nitrogen and oxygen atoms in total. The highest BCUT2D eigenvalue weighted by Crippen LogP contribution is 2.48. The van der Waals surface area contributed by atoms with Gasteiger partial charge in [0.25, 0.3) is 0 Å². The maximum Gasteiger partial charge on any atom is 0.227 e. The number of fused-ring (bicyclic) bond motifs is 1. The fourth-order valence-corrected chi connectivity index (χ4v) is 5.99. The van der Waals surface area contributed by atoms with Crippen molar-refractivity contribution in [1.82, 2.24) is 0 Å². The van der Waals surface area contributed by atoms with Gasteiger partial charge in [-0.05, 0) is 60.7 Å². The van der Waals surface area contributed by atoms with E-state index in [0.717, 1.165) is 65.4 Å². The third kappa shape index (κ3) is 6.02. The largest absolute Gasteiger partial charge is 0.497 e. The van der Waals surface area contributed by atoms with Crippen LogP contribution >= 0.6 is 0 Å². The lowest BCUT2D eigenvalue weighted by Crippen LogP contribution is -2.38. The monoisotopic (exact) mass is 552 g/mol. The minimum Gasteiger partial charge on any atom is -0.497 e. The lowest BCUT2D eigenvalue weighted by Gasteiger charge is -2.35. The number of ether oxygens (including phenoxy) is 2. The highest BCUT2D eigenvalue weighted by molar-refractivity contribution is 6.06. The molecule has 0 spiro atoms. The lowest BCUT2D eigenvalue weighted by atomic mass is 9.78. The zero-order chi connectivity index (χ0) is 28.8. The molecule has 1 amide bonds. The van der Waals surface area contributed by atoms with Crippen molar-refractivity contribution >= 4 is 23.1 Å². The van der Waals surface area contributed by atoms with E-state index < -0.39 is 6.04 Å². The number of ketones is 1. The van der Waals surface area contributed by atoms with Crippen molar-refractivity contribution in [2.75, 3.05) is 23.9 Å². The Morgan fingerprint density at radius 3 is 2.44 bits per heavy atom. The molecular weight excluding hydrogens is 512 g/mol. The van der Waals surface area contributed by atoms with E-state index in [0.29, 0.717) is 31.4 Å². The second-order valence-electron chi connectivity index (χ2n) is 10.8. The molecule has 6 heteroatoms. The second-order valence-corrected chi connectivity index (χ2v) is 10.8. The normalized spacial score (nSPS) is 18.2. The third-order valence-corrected chi connectivity index (χ3v) is 8.00. The van der Waals surface area contributed by atoms with Crippen LogP contribution in [0.3, 0.4) is 0 Å². The number of nitrogens with zero attached hydrogens (tertiary/aromatic N) is 1. The second kappa shape index (κ2) is 13.1. The number of unbranched alkanes of at least 4 members (excludes halogenated alkanes) is 2. The van der Waals surface area contributed by atoms with Gasteiger partial charge >= 0.3 is 0 Å². The van der Waals surface area contributed by atoms with Crippen LogP contribution in [-0.2, 0) is 9.59 Å². The topological polar surface area (TPSA) is 67.9 Å². The number of hydrogen-bond acceptors (Lipinski definition) is 5. The Labute approximate surface area is 243 Å². The first-order chi connectivity index (χ1) is 20.0. The van der Waals surface area contributed by atoms with Crippen LogP contribution in [0.15, 0.2) is 84.1 Å². The minimum absolute atomic E-state index is 0.0236.